The topological polar surface area (TPSA) is 9.72 Å². The average Bonchev–Trinajstić information content (AvgIpc) is 3.88. The van der Waals surface area contributed by atoms with E-state index in [4.69, 9.17) is 0 Å². The third-order valence-corrected chi connectivity index (χ3v) is 11.8. The Labute approximate surface area is 313 Å². The van der Waals surface area contributed by atoms with Crippen molar-refractivity contribution in [2.24, 2.45) is 0 Å². The van der Waals surface area contributed by atoms with Crippen LogP contribution in [0.25, 0.3) is 11.1 Å². The van der Waals surface area contributed by atoms with Crippen molar-refractivity contribution < 1.29 is 0 Å². The molecular formula is C50H43N3. The van der Waals surface area contributed by atoms with Crippen molar-refractivity contribution in [2.75, 3.05) is 14.7 Å². The number of hydrogen-bond acceptors (Lipinski definition) is 3. The largest absolute Gasteiger partial charge is 0.333 e. The van der Waals surface area contributed by atoms with E-state index < -0.39 is 0 Å². The van der Waals surface area contributed by atoms with Gasteiger partial charge in [0.05, 0.1) is 18.1 Å². The molecule has 3 aliphatic heterocycles. The molecule has 3 heteroatoms. The van der Waals surface area contributed by atoms with Crippen LogP contribution in [0.1, 0.15) is 48.3 Å². The molecule has 53 heavy (non-hydrogen) atoms. The van der Waals surface area contributed by atoms with Gasteiger partial charge in [0.1, 0.15) is 0 Å². The van der Waals surface area contributed by atoms with Crippen LogP contribution in [0.2, 0.25) is 0 Å². The number of benzene rings is 5. The number of hydrogen-bond donors (Lipinski definition) is 0. The first-order valence-electron chi connectivity index (χ1n) is 19.3. The minimum Gasteiger partial charge on any atom is -0.333 e. The Balaban J connectivity index is 0.00000172. The molecule has 0 spiro atoms. The number of nitrogens with zero attached hydrogens (tertiary/aromatic N) is 3. The molecule has 6 atom stereocenters. The number of rotatable bonds is 4. The summed E-state index contributed by atoms with van der Waals surface area (Å²) in [5.74, 6) is 1.03. The smallest absolute Gasteiger partial charge is 0.0629 e. The second-order valence-electron chi connectivity index (χ2n) is 14.4. The van der Waals surface area contributed by atoms with Gasteiger partial charge in [-0.25, -0.2) is 0 Å². The normalized spacial score (nSPS) is 24.6. The van der Waals surface area contributed by atoms with Crippen molar-refractivity contribution in [1.82, 2.24) is 0 Å². The van der Waals surface area contributed by atoms with Gasteiger partial charge in [0.2, 0.25) is 0 Å². The van der Waals surface area contributed by atoms with Crippen LogP contribution in [0.15, 0.2) is 188 Å². The van der Waals surface area contributed by atoms with Gasteiger partial charge in [-0.15, -0.1) is 0 Å². The van der Waals surface area contributed by atoms with E-state index >= 15 is 0 Å². The lowest BCUT2D eigenvalue weighted by atomic mass is 9.91. The van der Waals surface area contributed by atoms with Crippen LogP contribution in [0.4, 0.5) is 34.1 Å². The lowest BCUT2D eigenvalue weighted by Gasteiger charge is -2.33. The summed E-state index contributed by atoms with van der Waals surface area (Å²) >= 11 is 0. The van der Waals surface area contributed by atoms with Gasteiger partial charge in [0, 0.05) is 51.9 Å². The fraction of sp³-hybridized carbons (Fsp3) is 0.160. The van der Waals surface area contributed by atoms with Crippen molar-refractivity contribution in [3.63, 3.8) is 0 Å². The van der Waals surface area contributed by atoms with E-state index in [9.17, 15) is 0 Å². The third kappa shape index (κ3) is 4.94. The summed E-state index contributed by atoms with van der Waals surface area (Å²) in [5, 5.41) is 0. The van der Waals surface area contributed by atoms with E-state index in [1.807, 2.05) is 13.8 Å². The number of para-hydroxylation sites is 3. The monoisotopic (exact) mass is 685 g/mol. The van der Waals surface area contributed by atoms with Crippen molar-refractivity contribution in [1.29, 1.82) is 0 Å². The van der Waals surface area contributed by atoms with E-state index in [-0.39, 0.29) is 18.1 Å². The average molecular weight is 686 g/mol. The van der Waals surface area contributed by atoms with Gasteiger partial charge in [0.25, 0.3) is 0 Å². The Hall–Kier alpha value is -6.06. The summed E-state index contributed by atoms with van der Waals surface area (Å²) < 4.78 is 0. The molecule has 0 saturated heterocycles. The van der Waals surface area contributed by atoms with Crippen LogP contribution in [-0.2, 0) is 0 Å². The highest BCUT2D eigenvalue weighted by Gasteiger charge is 2.40. The van der Waals surface area contributed by atoms with Crippen LogP contribution in [-0.4, -0.2) is 18.1 Å². The van der Waals surface area contributed by atoms with Crippen LogP contribution in [0.3, 0.4) is 0 Å². The molecule has 3 nitrogen and oxygen atoms in total. The van der Waals surface area contributed by atoms with E-state index in [0.29, 0.717) is 17.8 Å². The first kappa shape index (κ1) is 31.7. The Kier molecular flexibility index (Phi) is 7.68. The Morgan fingerprint density at radius 2 is 0.698 bits per heavy atom. The zero-order valence-corrected chi connectivity index (χ0v) is 30.2. The lowest BCUT2D eigenvalue weighted by molar-refractivity contribution is 0.739. The maximum Gasteiger partial charge on any atom is 0.0629 e. The highest BCUT2D eigenvalue weighted by molar-refractivity contribution is 5.86. The molecule has 11 rings (SSSR count). The van der Waals surface area contributed by atoms with Crippen LogP contribution in [0, 0.1) is 0 Å². The SMILES string of the molecule is C1=CC2c3ccccc3N(c3ccc(-c4cc(N5c6ccccc6C6C=CC=CC65)cc(N5c6ccccc6C6C=CC=CC65)c4)cc3)C2C=C1.CC. The molecule has 258 valence electrons. The highest BCUT2D eigenvalue weighted by Crippen LogP contribution is 2.53. The second-order valence-corrected chi connectivity index (χ2v) is 14.4. The highest BCUT2D eigenvalue weighted by atomic mass is 15.2. The molecule has 0 fully saturated rings. The second kappa shape index (κ2) is 12.9. The van der Waals surface area contributed by atoms with E-state index in [1.54, 1.807) is 0 Å². The first-order valence-corrected chi connectivity index (χ1v) is 19.3. The molecule has 5 aromatic rings. The predicted octanol–water partition coefficient (Wildman–Crippen LogP) is 12.6. The fourth-order valence-electron chi connectivity index (χ4n) is 9.63. The number of fused-ring (bicyclic) bond motifs is 9. The van der Waals surface area contributed by atoms with Gasteiger partial charge in [-0.1, -0.05) is 153 Å². The maximum atomic E-state index is 2.57. The molecule has 0 radical (unpaired) electrons. The molecule has 0 amide bonds. The third-order valence-electron chi connectivity index (χ3n) is 11.8. The molecule has 3 aliphatic carbocycles. The predicted molar refractivity (Wildman–Crippen MR) is 223 cm³/mol. The minimum atomic E-state index is 0.231. The van der Waals surface area contributed by atoms with Gasteiger partial charge in [-0.3, -0.25) is 0 Å². The summed E-state index contributed by atoms with van der Waals surface area (Å²) in [4.78, 5) is 7.66. The Bertz CT molecular complexity index is 2290. The molecule has 0 saturated carbocycles. The molecular weight excluding hydrogens is 643 g/mol. The summed E-state index contributed by atoms with van der Waals surface area (Å²) in [5.41, 5.74) is 14.2. The molecule has 0 N–H and O–H groups in total. The number of allylic oxidation sites excluding steroid dienone is 6. The van der Waals surface area contributed by atoms with Gasteiger partial charge >= 0.3 is 0 Å². The van der Waals surface area contributed by atoms with E-state index in [1.165, 1.54) is 61.9 Å². The standard InChI is InChI=1S/C48H37N3.C2H6/c1-7-19-43-37(13-1)38-14-2-8-20-44(38)49(43)34-27-25-32(26-28-34)33-29-35(50-45-21-9-3-15-39(45)40-16-4-10-22-46(40)50)31-36(30-33)51-47-23-11-5-17-41(47)42-18-6-12-24-48(42)51;1-2/h1-31,37,39,41,43,45,47H;1-2H3. The molecule has 0 aromatic heterocycles. The van der Waals surface area contributed by atoms with Gasteiger partial charge in [-0.2, -0.15) is 0 Å². The van der Waals surface area contributed by atoms with Crippen LogP contribution >= 0.6 is 0 Å². The van der Waals surface area contributed by atoms with Crippen molar-refractivity contribution in [3.05, 3.63) is 205 Å². The molecule has 6 aliphatic rings. The van der Waals surface area contributed by atoms with Crippen LogP contribution < -0.4 is 14.7 Å². The number of anilines is 6. The van der Waals surface area contributed by atoms with E-state index in [0.717, 1.165) is 0 Å². The van der Waals surface area contributed by atoms with Crippen LogP contribution in [0.5, 0.6) is 0 Å². The molecule has 3 heterocycles. The molecule has 6 unspecified atom stereocenters. The van der Waals surface area contributed by atoms with Gasteiger partial charge < -0.3 is 14.7 Å². The van der Waals surface area contributed by atoms with Gasteiger partial charge in [-0.05, 0) is 76.3 Å². The first-order chi connectivity index (χ1) is 26.3. The maximum absolute atomic E-state index is 2.57. The van der Waals surface area contributed by atoms with Crippen molar-refractivity contribution >= 4 is 34.1 Å². The molecule has 0 bridgehead atoms. The zero-order valence-electron chi connectivity index (χ0n) is 30.2. The van der Waals surface area contributed by atoms with Crippen molar-refractivity contribution in [3.8, 4) is 11.1 Å². The summed E-state index contributed by atoms with van der Waals surface area (Å²) in [6.07, 6.45) is 27.4. The minimum absolute atomic E-state index is 0.231. The summed E-state index contributed by atoms with van der Waals surface area (Å²) in [7, 11) is 0. The summed E-state index contributed by atoms with van der Waals surface area (Å²) in [6, 6.07) is 44.1. The lowest BCUT2D eigenvalue weighted by Crippen LogP contribution is -2.30. The van der Waals surface area contributed by atoms with E-state index in [2.05, 4.69) is 203 Å². The molecule has 5 aromatic carbocycles. The fourth-order valence-corrected chi connectivity index (χ4v) is 9.63. The van der Waals surface area contributed by atoms with Gasteiger partial charge in [0.15, 0.2) is 0 Å². The van der Waals surface area contributed by atoms with Crippen molar-refractivity contribution in [2.45, 2.75) is 49.7 Å². The quantitative estimate of drug-likeness (QED) is 0.186. The Morgan fingerprint density at radius 1 is 0.340 bits per heavy atom. The summed E-state index contributed by atoms with van der Waals surface area (Å²) in [6.45, 7) is 4.00. The zero-order chi connectivity index (χ0) is 35.5. The Morgan fingerprint density at radius 3 is 1.11 bits per heavy atom.